The van der Waals surface area contributed by atoms with Crippen LogP contribution in [-0.2, 0) is 9.59 Å². The van der Waals surface area contributed by atoms with Crippen molar-refractivity contribution in [3.8, 4) is 17.4 Å². The lowest BCUT2D eigenvalue weighted by molar-refractivity contribution is -0.138. The quantitative estimate of drug-likeness (QED) is 0.627. The predicted octanol–water partition coefficient (Wildman–Crippen LogP) is 1.29. The van der Waals surface area contributed by atoms with Crippen molar-refractivity contribution in [2.75, 3.05) is 13.1 Å². The number of nitriles is 1. The molecule has 27 heavy (non-hydrogen) atoms. The molecular weight excluding hydrogens is 350 g/mol. The molecule has 9 nitrogen and oxygen atoms in total. The van der Waals surface area contributed by atoms with Gasteiger partial charge in [-0.3, -0.25) is 9.59 Å². The number of rotatable bonds is 5. The third kappa shape index (κ3) is 3.75. The minimum atomic E-state index is -0.812. The second-order valence-corrected chi connectivity index (χ2v) is 5.64. The Morgan fingerprint density at radius 3 is 2.67 bits per heavy atom. The highest BCUT2D eigenvalue weighted by Crippen LogP contribution is 2.22. The minimum Gasteiger partial charge on any atom is -0.455 e. The fourth-order valence-electron chi connectivity index (χ4n) is 2.47. The van der Waals surface area contributed by atoms with E-state index in [9.17, 15) is 14.4 Å². The summed E-state index contributed by atoms with van der Waals surface area (Å²) in [6, 6.07) is 11.4. The van der Waals surface area contributed by atoms with Crippen molar-refractivity contribution in [1.82, 2.24) is 9.91 Å². The summed E-state index contributed by atoms with van der Waals surface area (Å²) < 4.78 is 5.63. The van der Waals surface area contributed by atoms with Crippen LogP contribution in [0.1, 0.15) is 17.7 Å². The van der Waals surface area contributed by atoms with Crippen molar-refractivity contribution in [1.29, 1.82) is 5.26 Å². The van der Waals surface area contributed by atoms with Gasteiger partial charge in [0.15, 0.2) is 0 Å². The van der Waals surface area contributed by atoms with Crippen LogP contribution in [0.4, 0.5) is 4.79 Å². The SMILES string of the molecule is N#Cc1ccc(-c2ccc(C=NN3CC(=O)N(C(=O)CCN)C3=O)o2)cc1. The average Bonchev–Trinajstić information content (AvgIpc) is 3.24. The molecule has 1 saturated heterocycles. The van der Waals surface area contributed by atoms with E-state index in [0.717, 1.165) is 10.6 Å². The topological polar surface area (TPSA) is 133 Å². The molecule has 0 unspecified atom stereocenters. The number of hydrogen-bond donors (Lipinski definition) is 1. The molecule has 4 amide bonds. The van der Waals surface area contributed by atoms with Gasteiger partial charge in [0, 0.05) is 18.5 Å². The van der Waals surface area contributed by atoms with Crippen LogP contribution in [0, 0.1) is 11.3 Å². The summed E-state index contributed by atoms with van der Waals surface area (Å²) in [7, 11) is 0. The normalized spacial score (nSPS) is 14.2. The first kappa shape index (κ1) is 18.0. The van der Waals surface area contributed by atoms with Crippen LogP contribution in [0.2, 0.25) is 0 Å². The average molecular weight is 365 g/mol. The van der Waals surface area contributed by atoms with E-state index in [-0.39, 0.29) is 19.5 Å². The summed E-state index contributed by atoms with van der Waals surface area (Å²) in [5, 5.41) is 13.6. The second kappa shape index (κ2) is 7.63. The molecular formula is C18H15N5O4. The third-order valence-corrected chi connectivity index (χ3v) is 3.80. The molecule has 2 aromatic rings. The number of amides is 4. The lowest BCUT2D eigenvalue weighted by Gasteiger charge is -2.11. The molecule has 1 aromatic carbocycles. The first-order valence-corrected chi connectivity index (χ1v) is 8.05. The van der Waals surface area contributed by atoms with Gasteiger partial charge in [-0.2, -0.15) is 15.3 Å². The van der Waals surface area contributed by atoms with Gasteiger partial charge in [-0.25, -0.2) is 9.80 Å². The predicted molar refractivity (Wildman–Crippen MR) is 94.1 cm³/mol. The highest BCUT2D eigenvalue weighted by molar-refractivity contribution is 6.15. The maximum Gasteiger partial charge on any atom is 0.354 e. The molecule has 0 radical (unpaired) electrons. The van der Waals surface area contributed by atoms with Gasteiger partial charge in [0.25, 0.3) is 5.91 Å². The Kier molecular flexibility index (Phi) is 5.10. The smallest absolute Gasteiger partial charge is 0.354 e. The van der Waals surface area contributed by atoms with E-state index in [1.807, 2.05) is 6.07 Å². The van der Waals surface area contributed by atoms with Crippen molar-refractivity contribution >= 4 is 24.1 Å². The molecule has 1 aromatic heterocycles. The zero-order valence-corrected chi connectivity index (χ0v) is 14.2. The van der Waals surface area contributed by atoms with Crippen LogP contribution in [0.15, 0.2) is 45.9 Å². The Hall–Kier alpha value is -3.77. The summed E-state index contributed by atoms with van der Waals surface area (Å²) >= 11 is 0. The monoisotopic (exact) mass is 365 g/mol. The molecule has 136 valence electrons. The Bertz CT molecular complexity index is 955. The number of furan rings is 1. The van der Waals surface area contributed by atoms with Gasteiger partial charge in [-0.15, -0.1) is 0 Å². The van der Waals surface area contributed by atoms with E-state index in [1.165, 1.54) is 6.21 Å². The van der Waals surface area contributed by atoms with Crippen LogP contribution < -0.4 is 5.73 Å². The van der Waals surface area contributed by atoms with Gasteiger partial charge in [0.1, 0.15) is 18.1 Å². The molecule has 0 aliphatic carbocycles. The first-order valence-electron chi connectivity index (χ1n) is 8.05. The van der Waals surface area contributed by atoms with Crippen molar-refractivity contribution in [2.24, 2.45) is 10.8 Å². The lowest BCUT2D eigenvalue weighted by atomic mass is 10.1. The van der Waals surface area contributed by atoms with E-state index < -0.39 is 17.8 Å². The number of hydrogen-bond acceptors (Lipinski definition) is 7. The standard InChI is InChI=1S/C18H15N5O4/c19-8-7-16(24)23-17(25)11-22(18(23)26)21-10-14-5-6-15(27-14)13-3-1-12(9-20)2-4-13/h1-6,10H,7-8,11,19H2. The number of urea groups is 1. The molecule has 1 aliphatic rings. The highest BCUT2D eigenvalue weighted by Gasteiger charge is 2.40. The number of carbonyl (C=O) groups excluding carboxylic acids is 3. The molecule has 0 saturated carbocycles. The number of nitrogens with two attached hydrogens (primary N) is 1. The van der Waals surface area contributed by atoms with Crippen molar-refractivity contribution in [2.45, 2.75) is 6.42 Å². The van der Waals surface area contributed by atoms with Gasteiger partial charge in [0.05, 0.1) is 17.8 Å². The van der Waals surface area contributed by atoms with E-state index in [0.29, 0.717) is 22.0 Å². The summed E-state index contributed by atoms with van der Waals surface area (Å²) in [6.45, 7) is -0.279. The summed E-state index contributed by atoms with van der Waals surface area (Å²) in [5.74, 6) is -0.370. The molecule has 1 aliphatic heterocycles. The number of imide groups is 3. The van der Waals surface area contributed by atoms with Crippen molar-refractivity contribution in [3.05, 3.63) is 47.7 Å². The van der Waals surface area contributed by atoms with E-state index >= 15 is 0 Å². The molecule has 0 bridgehead atoms. The Labute approximate surface area is 154 Å². The van der Waals surface area contributed by atoms with Crippen LogP contribution in [0.5, 0.6) is 0 Å². The zero-order chi connectivity index (χ0) is 19.4. The van der Waals surface area contributed by atoms with E-state index in [2.05, 4.69) is 5.10 Å². The summed E-state index contributed by atoms with van der Waals surface area (Å²) in [6.07, 6.45) is 1.19. The molecule has 0 atom stereocenters. The third-order valence-electron chi connectivity index (χ3n) is 3.80. The second-order valence-electron chi connectivity index (χ2n) is 5.64. The number of hydrazone groups is 1. The zero-order valence-electron chi connectivity index (χ0n) is 14.2. The van der Waals surface area contributed by atoms with Crippen LogP contribution in [0.25, 0.3) is 11.3 Å². The van der Waals surface area contributed by atoms with Gasteiger partial charge in [-0.05, 0) is 36.4 Å². The van der Waals surface area contributed by atoms with Crippen molar-refractivity contribution < 1.29 is 18.8 Å². The lowest BCUT2D eigenvalue weighted by Crippen LogP contribution is -2.38. The van der Waals surface area contributed by atoms with Gasteiger partial charge in [0.2, 0.25) is 5.91 Å². The Morgan fingerprint density at radius 1 is 1.26 bits per heavy atom. The number of carbonyl (C=O) groups is 3. The Balaban J connectivity index is 1.71. The first-order chi connectivity index (χ1) is 13.0. The van der Waals surface area contributed by atoms with Crippen LogP contribution >= 0.6 is 0 Å². The maximum atomic E-state index is 12.1. The minimum absolute atomic E-state index is 0.0453. The molecule has 9 heteroatoms. The summed E-state index contributed by atoms with van der Waals surface area (Å²) in [4.78, 5) is 36.3. The highest BCUT2D eigenvalue weighted by atomic mass is 16.3. The number of nitrogens with zero attached hydrogens (tertiary/aromatic N) is 4. The van der Waals surface area contributed by atoms with E-state index in [4.69, 9.17) is 15.4 Å². The molecule has 0 spiro atoms. The molecule has 1 fully saturated rings. The fraction of sp³-hybridized carbons (Fsp3) is 0.167. The Morgan fingerprint density at radius 2 is 2.00 bits per heavy atom. The van der Waals surface area contributed by atoms with Gasteiger partial charge >= 0.3 is 6.03 Å². The number of benzene rings is 1. The molecule has 3 rings (SSSR count). The maximum absolute atomic E-state index is 12.1. The molecule has 2 heterocycles. The van der Waals surface area contributed by atoms with Gasteiger partial charge in [-0.1, -0.05) is 0 Å². The van der Waals surface area contributed by atoms with Crippen LogP contribution in [0.3, 0.4) is 0 Å². The fourth-order valence-corrected chi connectivity index (χ4v) is 2.47. The largest absolute Gasteiger partial charge is 0.455 e. The van der Waals surface area contributed by atoms with Gasteiger partial charge < -0.3 is 10.2 Å². The van der Waals surface area contributed by atoms with Crippen LogP contribution in [-0.4, -0.2) is 47.1 Å². The van der Waals surface area contributed by atoms with E-state index in [1.54, 1.807) is 36.4 Å². The summed E-state index contributed by atoms with van der Waals surface area (Å²) in [5.41, 5.74) is 6.60. The molecule has 2 N–H and O–H groups in total. The van der Waals surface area contributed by atoms with Crippen molar-refractivity contribution in [3.63, 3.8) is 0 Å².